The summed E-state index contributed by atoms with van der Waals surface area (Å²) in [6.07, 6.45) is 0.523. The summed E-state index contributed by atoms with van der Waals surface area (Å²) in [4.78, 5) is 37.3. The fraction of sp³-hybridized carbons (Fsp3) is 0.500. The molecule has 5 heteroatoms. The summed E-state index contributed by atoms with van der Waals surface area (Å²) >= 11 is 0. The van der Waals surface area contributed by atoms with Crippen LogP contribution >= 0.6 is 0 Å². The molecule has 3 atom stereocenters. The van der Waals surface area contributed by atoms with Gasteiger partial charge in [0.1, 0.15) is 5.60 Å². The van der Waals surface area contributed by atoms with Crippen molar-refractivity contribution in [3.63, 3.8) is 0 Å². The predicted molar refractivity (Wildman–Crippen MR) is 81.8 cm³/mol. The molecule has 0 N–H and O–H groups in total. The van der Waals surface area contributed by atoms with Gasteiger partial charge < -0.3 is 9.47 Å². The average Bonchev–Trinajstić information content (AvgIpc) is 2.93. The highest BCUT2D eigenvalue weighted by Crippen LogP contribution is 2.46. The highest BCUT2D eigenvalue weighted by atomic mass is 16.6. The first-order valence-electron chi connectivity index (χ1n) is 7.88. The number of carbonyl (C=O) groups is 3. The first kappa shape index (κ1) is 15.7. The molecule has 0 saturated carbocycles. The van der Waals surface area contributed by atoms with Crippen molar-refractivity contribution in [3.8, 4) is 0 Å². The number of ether oxygens (including phenoxy) is 2. The third-order valence-electron chi connectivity index (χ3n) is 4.81. The molecule has 1 fully saturated rings. The van der Waals surface area contributed by atoms with E-state index < -0.39 is 35.3 Å². The van der Waals surface area contributed by atoms with E-state index >= 15 is 0 Å². The molecular weight excluding hydrogens is 296 g/mol. The number of hydrogen-bond donors (Lipinski definition) is 0. The van der Waals surface area contributed by atoms with E-state index in [1.807, 2.05) is 18.2 Å². The van der Waals surface area contributed by atoms with E-state index in [0.29, 0.717) is 12.0 Å². The van der Waals surface area contributed by atoms with Gasteiger partial charge in [-0.1, -0.05) is 24.3 Å². The number of Topliss-reactive ketones (excluding diaryl/α,β-unsaturated/α-hetero) is 1. The van der Waals surface area contributed by atoms with E-state index in [4.69, 9.17) is 9.47 Å². The molecule has 0 aromatic heterocycles. The van der Waals surface area contributed by atoms with Crippen molar-refractivity contribution in [2.75, 3.05) is 6.61 Å². The van der Waals surface area contributed by atoms with Crippen LogP contribution in [0.2, 0.25) is 0 Å². The van der Waals surface area contributed by atoms with Crippen LogP contribution in [0.5, 0.6) is 0 Å². The second-order valence-electron chi connectivity index (χ2n) is 6.61. The van der Waals surface area contributed by atoms with Gasteiger partial charge in [-0.05, 0) is 32.8 Å². The maximum atomic E-state index is 12.8. The lowest BCUT2D eigenvalue weighted by Crippen LogP contribution is -2.41. The minimum atomic E-state index is -1.03. The Balaban J connectivity index is 1.97. The van der Waals surface area contributed by atoms with Gasteiger partial charge in [0.15, 0.2) is 11.7 Å². The van der Waals surface area contributed by atoms with Crippen LogP contribution in [-0.4, -0.2) is 29.9 Å². The molecule has 23 heavy (non-hydrogen) atoms. The molecule has 1 aliphatic carbocycles. The van der Waals surface area contributed by atoms with Crippen LogP contribution in [0.4, 0.5) is 0 Å². The third-order valence-corrected chi connectivity index (χ3v) is 4.81. The molecule has 1 saturated heterocycles. The van der Waals surface area contributed by atoms with E-state index in [-0.39, 0.29) is 12.4 Å². The van der Waals surface area contributed by atoms with Gasteiger partial charge in [0, 0.05) is 17.4 Å². The Kier molecular flexibility index (Phi) is 3.74. The summed E-state index contributed by atoms with van der Waals surface area (Å²) in [7, 11) is 0. The van der Waals surface area contributed by atoms with Gasteiger partial charge in [-0.3, -0.25) is 14.4 Å². The van der Waals surface area contributed by atoms with Gasteiger partial charge >= 0.3 is 11.9 Å². The van der Waals surface area contributed by atoms with Crippen molar-refractivity contribution in [3.05, 3.63) is 35.4 Å². The number of ketones is 1. The molecule has 5 nitrogen and oxygen atoms in total. The fourth-order valence-corrected chi connectivity index (χ4v) is 3.89. The van der Waals surface area contributed by atoms with Crippen molar-refractivity contribution in [2.24, 2.45) is 17.8 Å². The normalized spacial score (nSPS) is 28.4. The predicted octanol–water partition coefficient (Wildman–Crippen LogP) is 2.17. The molecule has 0 spiro atoms. The number of fused-ring (bicyclic) bond motifs is 1. The maximum absolute atomic E-state index is 12.8. The molecule has 1 heterocycles. The van der Waals surface area contributed by atoms with Gasteiger partial charge in [0.25, 0.3) is 0 Å². The molecule has 0 unspecified atom stereocenters. The molecule has 0 bridgehead atoms. The topological polar surface area (TPSA) is 69.7 Å². The van der Waals surface area contributed by atoms with Crippen molar-refractivity contribution in [1.82, 2.24) is 0 Å². The van der Waals surface area contributed by atoms with E-state index in [2.05, 4.69) is 0 Å². The zero-order valence-corrected chi connectivity index (χ0v) is 13.5. The second-order valence-corrected chi connectivity index (χ2v) is 6.61. The van der Waals surface area contributed by atoms with Crippen LogP contribution < -0.4 is 0 Å². The van der Waals surface area contributed by atoms with Crippen molar-refractivity contribution in [2.45, 2.75) is 32.8 Å². The molecular formula is C18H20O5. The van der Waals surface area contributed by atoms with Crippen LogP contribution in [0.3, 0.4) is 0 Å². The highest BCUT2D eigenvalue weighted by molar-refractivity contribution is 6.04. The third kappa shape index (κ3) is 2.44. The van der Waals surface area contributed by atoms with Gasteiger partial charge in [0.2, 0.25) is 0 Å². The lowest BCUT2D eigenvalue weighted by atomic mass is 9.72. The Hall–Kier alpha value is -2.17. The molecule has 122 valence electrons. The summed E-state index contributed by atoms with van der Waals surface area (Å²) < 4.78 is 10.4. The number of rotatable bonds is 3. The SMILES string of the molecule is CCOC(=O)[C@H]1C(=O)OC(C)(C)[C@H]1[C@@H]1Cc2ccccc2C1=O. The summed E-state index contributed by atoms with van der Waals surface area (Å²) in [5.41, 5.74) is 0.757. The minimum absolute atomic E-state index is 0.0220. The van der Waals surface area contributed by atoms with E-state index in [1.165, 1.54) is 0 Å². The lowest BCUT2D eigenvalue weighted by Gasteiger charge is -2.30. The molecule has 2 aliphatic rings. The summed E-state index contributed by atoms with van der Waals surface area (Å²) in [6, 6.07) is 7.42. The lowest BCUT2D eigenvalue weighted by molar-refractivity contribution is -0.157. The Morgan fingerprint density at radius 1 is 1.30 bits per heavy atom. The smallest absolute Gasteiger partial charge is 0.321 e. The Bertz CT molecular complexity index is 676. The number of esters is 2. The summed E-state index contributed by atoms with van der Waals surface area (Å²) in [6.45, 7) is 5.39. The van der Waals surface area contributed by atoms with Gasteiger partial charge in [-0.15, -0.1) is 0 Å². The average molecular weight is 316 g/mol. The largest absolute Gasteiger partial charge is 0.465 e. The van der Waals surface area contributed by atoms with Crippen molar-refractivity contribution >= 4 is 17.7 Å². The Morgan fingerprint density at radius 3 is 2.65 bits per heavy atom. The molecule has 3 rings (SSSR count). The van der Waals surface area contributed by atoms with Crippen molar-refractivity contribution < 1.29 is 23.9 Å². The van der Waals surface area contributed by atoms with Gasteiger partial charge in [-0.2, -0.15) is 0 Å². The monoisotopic (exact) mass is 316 g/mol. The van der Waals surface area contributed by atoms with Crippen LogP contribution in [-0.2, 0) is 25.5 Å². The van der Waals surface area contributed by atoms with Crippen molar-refractivity contribution in [1.29, 1.82) is 0 Å². The summed E-state index contributed by atoms with van der Waals surface area (Å²) in [5, 5.41) is 0. The van der Waals surface area contributed by atoms with Crippen LogP contribution in [0.25, 0.3) is 0 Å². The summed E-state index contributed by atoms with van der Waals surface area (Å²) in [5.74, 6) is -3.21. The Labute approximate surface area is 135 Å². The van der Waals surface area contributed by atoms with E-state index in [9.17, 15) is 14.4 Å². The number of carbonyl (C=O) groups excluding carboxylic acids is 3. The quantitative estimate of drug-likeness (QED) is 0.631. The van der Waals surface area contributed by atoms with Crippen LogP contribution in [0.15, 0.2) is 24.3 Å². The number of cyclic esters (lactones) is 1. The molecule has 1 aromatic rings. The minimum Gasteiger partial charge on any atom is -0.465 e. The van der Waals surface area contributed by atoms with Crippen LogP contribution in [0.1, 0.15) is 36.7 Å². The second kappa shape index (κ2) is 5.48. The first-order chi connectivity index (χ1) is 10.9. The zero-order chi connectivity index (χ0) is 16.8. The number of hydrogen-bond acceptors (Lipinski definition) is 5. The van der Waals surface area contributed by atoms with Gasteiger partial charge in [0.05, 0.1) is 6.61 Å². The van der Waals surface area contributed by atoms with E-state index in [0.717, 1.165) is 5.56 Å². The highest BCUT2D eigenvalue weighted by Gasteiger charge is 2.59. The number of benzene rings is 1. The fourth-order valence-electron chi connectivity index (χ4n) is 3.89. The first-order valence-corrected chi connectivity index (χ1v) is 7.88. The zero-order valence-electron chi connectivity index (χ0n) is 13.5. The molecule has 0 amide bonds. The maximum Gasteiger partial charge on any atom is 0.321 e. The molecule has 1 aromatic carbocycles. The standard InChI is InChI=1S/C18H20O5/c1-4-22-16(20)13-14(18(2,3)23-17(13)21)12-9-10-7-5-6-8-11(10)15(12)19/h5-8,12-14H,4,9H2,1-3H3/t12-,13-,14-/m0/s1. The Morgan fingerprint density at radius 2 is 2.00 bits per heavy atom. The van der Waals surface area contributed by atoms with Crippen LogP contribution in [0, 0.1) is 17.8 Å². The molecule has 0 radical (unpaired) electrons. The van der Waals surface area contributed by atoms with Gasteiger partial charge in [-0.25, -0.2) is 0 Å². The van der Waals surface area contributed by atoms with E-state index in [1.54, 1.807) is 26.8 Å². The molecule has 1 aliphatic heterocycles.